The summed E-state index contributed by atoms with van der Waals surface area (Å²) in [5.74, 6) is 0.0936. The maximum absolute atomic E-state index is 12.9. The number of carbonyl (C=O) groups is 2. The van der Waals surface area contributed by atoms with Crippen LogP contribution in [0.3, 0.4) is 0 Å². The lowest BCUT2D eigenvalue weighted by atomic mass is 9.95. The molecule has 0 aliphatic carbocycles. The average Bonchev–Trinajstić information content (AvgIpc) is 3.09. The van der Waals surface area contributed by atoms with Crippen LogP contribution in [0.4, 0.5) is 5.69 Å². The van der Waals surface area contributed by atoms with Crippen LogP contribution < -0.4 is 15.8 Å². The first kappa shape index (κ1) is 19.3. The molecule has 1 aliphatic heterocycles. The highest BCUT2D eigenvalue weighted by molar-refractivity contribution is 6.08. The first-order valence-corrected chi connectivity index (χ1v) is 9.81. The summed E-state index contributed by atoms with van der Waals surface area (Å²) in [6.45, 7) is 3.20. The topological polar surface area (TPSA) is 97.8 Å². The predicted octanol–water partition coefficient (Wildman–Crippen LogP) is 3.12. The Kier molecular flexibility index (Phi) is 5.15. The summed E-state index contributed by atoms with van der Waals surface area (Å²) >= 11 is 0. The Hall–Kier alpha value is -3.06. The Morgan fingerprint density at radius 3 is 2.59 bits per heavy atom. The van der Waals surface area contributed by atoms with Gasteiger partial charge >= 0.3 is 0 Å². The lowest BCUT2D eigenvalue weighted by Gasteiger charge is -2.34. The molecular weight excluding hydrogens is 370 g/mol. The maximum Gasteiger partial charge on any atom is 0.241 e. The molecule has 0 bridgehead atoms. The van der Waals surface area contributed by atoms with Crippen LogP contribution in [-0.4, -0.2) is 43.0 Å². The second-order valence-electron chi connectivity index (χ2n) is 7.52. The van der Waals surface area contributed by atoms with Crippen molar-refractivity contribution in [1.82, 2.24) is 4.90 Å². The molecule has 1 aromatic heterocycles. The number of piperidine rings is 1. The third-order valence-electron chi connectivity index (χ3n) is 5.82. The van der Waals surface area contributed by atoms with Gasteiger partial charge in [-0.1, -0.05) is 18.2 Å². The summed E-state index contributed by atoms with van der Waals surface area (Å²) in [4.78, 5) is 26.3. The molecule has 1 unspecified atom stereocenters. The van der Waals surface area contributed by atoms with E-state index in [-0.39, 0.29) is 23.8 Å². The Morgan fingerprint density at radius 2 is 1.90 bits per heavy atom. The molecule has 1 atom stereocenters. The van der Waals surface area contributed by atoms with Gasteiger partial charge < -0.3 is 20.2 Å². The van der Waals surface area contributed by atoms with Gasteiger partial charge in [0.1, 0.15) is 16.9 Å². The van der Waals surface area contributed by atoms with E-state index in [4.69, 9.17) is 14.9 Å². The number of nitrogens with one attached hydrogen (secondary N) is 1. The Morgan fingerprint density at radius 1 is 1.17 bits per heavy atom. The minimum atomic E-state index is -0.333. The van der Waals surface area contributed by atoms with Gasteiger partial charge in [-0.05, 0) is 45.0 Å². The van der Waals surface area contributed by atoms with Crippen molar-refractivity contribution in [3.63, 3.8) is 0 Å². The Balaban J connectivity index is 1.54. The van der Waals surface area contributed by atoms with E-state index in [0.717, 1.165) is 16.4 Å². The zero-order chi connectivity index (χ0) is 20.5. The molecule has 0 radical (unpaired) electrons. The number of rotatable bonds is 5. The van der Waals surface area contributed by atoms with E-state index in [1.54, 1.807) is 13.2 Å². The van der Waals surface area contributed by atoms with Crippen LogP contribution in [0.5, 0.6) is 5.75 Å². The molecule has 1 aliphatic rings. The summed E-state index contributed by atoms with van der Waals surface area (Å²) in [6, 6.07) is 11.2. The molecule has 3 N–H and O–H groups in total. The van der Waals surface area contributed by atoms with Gasteiger partial charge in [-0.25, -0.2) is 0 Å². The van der Waals surface area contributed by atoms with Gasteiger partial charge in [-0.2, -0.15) is 0 Å². The van der Waals surface area contributed by atoms with Crippen molar-refractivity contribution in [2.45, 2.75) is 25.8 Å². The van der Waals surface area contributed by atoms with Crippen LogP contribution in [0.2, 0.25) is 0 Å². The largest absolute Gasteiger partial charge is 0.495 e. The lowest BCUT2D eigenvalue weighted by Crippen LogP contribution is -2.47. The number of anilines is 1. The van der Waals surface area contributed by atoms with E-state index >= 15 is 0 Å². The van der Waals surface area contributed by atoms with Crippen LogP contribution in [0.1, 0.15) is 19.8 Å². The average molecular weight is 395 g/mol. The van der Waals surface area contributed by atoms with Crippen LogP contribution in [0.25, 0.3) is 21.9 Å². The van der Waals surface area contributed by atoms with E-state index in [0.29, 0.717) is 43.0 Å². The Bertz CT molecular complexity index is 1070. The summed E-state index contributed by atoms with van der Waals surface area (Å²) in [5.41, 5.74) is 7.45. The number of hydrogen-bond donors (Lipinski definition) is 2. The number of fused-ring (bicyclic) bond motifs is 3. The summed E-state index contributed by atoms with van der Waals surface area (Å²) in [6.07, 6.45) is 1.36. The summed E-state index contributed by atoms with van der Waals surface area (Å²) in [7, 11) is 1.58. The van der Waals surface area contributed by atoms with Crippen molar-refractivity contribution in [2.24, 2.45) is 11.7 Å². The summed E-state index contributed by atoms with van der Waals surface area (Å²) in [5, 5.41) is 4.92. The highest BCUT2D eigenvalue weighted by atomic mass is 16.5. The number of para-hydroxylation sites is 1. The first-order chi connectivity index (χ1) is 14.0. The molecule has 7 nitrogen and oxygen atoms in total. The smallest absolute Gasteiger partial charge is 0.241 e. The van der Waals surface area contributed by atoms with Gasteiger partial charge in [-0.15, -0.1) is 0 Å². The van der Waals surface area contributed by atoms with E-state index < -0.39 is 0 Å². The number of ether oxygens (including phenoxy) is 1. The van der Waals surface area contributed by atoms with E-state index in [2.05, 4.69) is 10.2 Å². The fraction of sp³-hybridized carbons (Fsp3) is 0.364. The fourth-order valence-electron chi connectivity index (χ4n) is 3.99. The van der Waals surface area contributed by atoms with E-state index in [1.807, 2.05) is 37.3 Å². The molecule has 0 spiro atoms. The zero-order valence-corrected chi connectivity index (χ0v) is 16.6. The second kappa shape index (κ2) is 7.75. The van der Waals surface area contributed by atoms with Crippen molar-refractivity contribution in [2.75, 3.05) is 25.5 Å². The van der Waals surface area contributed by atoms with Crippen molar-refractivity contribution in [1.29, 1.82) is 0 Å². The van der Waals surface area contributed by atoms with Crippen molar-refractivity contribution in [3.8, 4) is 5.75 Å². The van der Waals surface area contributed by atoms with Gasteiger partial charge in [0, 0.05) is 22.8 Å². The highest BCUT2D eigenvalue weighted by Gasteiger charge is 2.29. The minimum Gasteiger partial charge on any atom is -0.495 e. The highest BCUT2D eigenvalue weighted by Crippen LogP contribution is 2.36. The van der Waals surface area contributed by atoms with Gasteiger partial charge in [0.05, 0.1) is 18.8 Å². The normalized spacial score (nSPS) is 16.8. The van der Waals surface area contributed by atoms with Crippen molar-refractivity contribution in [3.05, 3.63) is 36.4 Å². The fourth-order valence-corrected chi connectivity index (χ4v) is 3.99. The zero-order valence-electron chi connectivity index (χ0n) is 16.6. The number of nitrogens with two attached hydrogens (primary N) is 1. The number of furan rings is 1. The van der Waals surface area contributed by atoms with Crippen molar-refractivity contribution < 1.29 is 18.7 Å². The van der Waals surface area contributed by atoms with Crippen LogP contribution in [0.15, 0.2) is 40.8 Å². The predicted molar refractivity (Wildman–Crippen MR) is 112 cm³/mol. The van der Waals surface area contributed by atoms with Crippen LogP contribution in [0, 0.1) is 5.92 Å². The Labute approximate surface area is 168 Å². The van der Waals surface area contributed by atoms with E-state index in [1.165, 1.54) is 0 Å². The molecule has 1 fully saturated rings. The maximum atomic E-state index is 12.9. The number of amides is 2. The number of carbonyl (C=O) groups excluding carboxylic acids is 2. The monoisotopic (exact) mass is 395 g/mol. The van der Waals surface area contributed by atoms with Gasteiger partial charge in [0.2, 0.25) is 11.8 Å². The molecular formula is C22H25N3O4. The quantitative estimate of drug-likeness (QED) is 0.692. The molecule has 3 aromatic rings. The third-order valence-corrected chi connectivity index (χ3v) is 5.82. The molecule has 4 rings (SSSR count). The number of nitrogens with zero attached hydrogens (tertiary/aromatic N) is 1. The number of hydrogen-bond acceptors (Lipinski definition) is 5. The molecule has 2 heterocycles. The second-order valence-corrected chi connectivity index (χ2v) is 7.52. The number of benzene rings is 2. The molecule has 152 valence electrons. The molecule has 0 saturated carbocycles. The molecule has 1 saturated heterocycles. The molecule has 29 heavy (non-hydrogen) atoms. The summed E-state index contributed by atoms with van der Waals surface area (Å²) < 4.78 is 11.4. The van der Waals surface area contributed by atoms with Gasteiger partial charge in [-0.3, -0.25) is 14.5 Å². The lowest BCUT2D eigenvalue weighted by molar-refractivity contribution is -0.124. The molecule has 7 heteroatoms. The minimum absolute atomic E-state index is 0.0999. The standard InChI is InChI=1S/C22H25N3O4/c1-13(25-9-7-14(8-10-25)21(23)26)22(27)24-17-12-19-16(11-20(17)28-2)15-5-3-4-6-18(15)29-19/h3-6,11-14H,7-10H2,1-2H3,(H2,23,26)(H,24,27). The van der Waals surface area contributed by atoms with Crippen molar-refractivity contribution >= 4 is 39.4 Å². The molecule has 2 amide bonds. The number of primary amides is 1. The van der Waals surface area contributed by atoms with Gasteiger partial charge in [0.15, 0.2) is 0 Å². The number of methoxy groups -OCH3 is 1. The SMILES string of the molecule is COc1cc2c(cc1NC(=O)C(C)N1CCC(C(N)=O)CC1)oc1ccccc12. The first-order valence-electron chi connectivity index (χ1n) is 9.81. The van der Waals surface area contributed by atoms with Crippen LogP contribution >= 0.6 is 0 Å². The van der Waals surface area contributed by atoms with E-state index in [9.17, 15) is 9.59 Å². The van der Waals surface area contributed by atoms with Crippen LogP contribution in [-0.2, 0) is 9.59 Å². The van der Waals surface area contributed by atoms with Gasteiger partial charge in [0.25, 0.3) is 0 Å². The molecule has 2 aromatic carbocycles. The third kappa shape index (κ3) is 3.65. The number of likely N-dealkylation sites (tertiary alicyclic amines) is 1.